The third-order valence-corrected chi connectivity index (χ3v) is 2.26. The quantitative estimate of drug-likeness (QED) is 0.711. The van der Waals surface area contributed by atoms with E-state index in [4.69, 9.17) is 4.74 Å². The Labute approximate surface area is 99.1 Å². The average molecular weight is 230 g/mol. The first-order chi connectivity index (χ1) is 7.22. The molecular formula is C12H26N2O2. The number of amides is 1. The number of carbonyl (C=O) groups excluding carboxylic acids is 1. The van der Waals surface area contributed by atoms with Crippen LogP contribution in [0, 0.1) is 5.92 Å². The maximum atomic E-state index is 11.3. The lowest BCUT2D eigenvalue weighted by molar-refractivity contribution is 0.0528. The van der Waals surface area contributed by atoms with E-state index >= 15 is 0 Å². The predicted molar refractivity (Wildman–Crippen MR) is 66.5 cm³/mol. The summed E-state index contributed by atoms with van der Waals surface area (Å²) in [6.45, 7) is 13.4. The SMILES string of the molecule is CC(C)C(C)NCCNC(=O)OC(C)(C)C. The minimum absolute atomic E-state index is 0.355. The normalized spacial score (nSPS) is 13.7. The highest BCUT2D eigenvalue weighted by atomic mass is 16.6. The molecule has 0 fully saturated rings. The van der Waals surface area contributed by atoms with Crippen LogP contribution in [0.3, 0.4) is 0 Å². The molecule has 4 nitrogen and oxygen atoms in total. The monoisotopic (exact) mass is 230 g/mol. The molecule has 0 saturated carbocycles. The highest BCUT2D eigenvalue weighted by molar-refractivity contribution is 5.67. The van der Waals surface area contributed by atoms with E-state index in [1.807, 2.05) is 20.8 Å². The summed E-state index contributed by atoms with van der Waals surface area (Å²) in [5, 5.41) is 6.04. The minimum atomic E-state index is -0.428. The molecule has 96 valence electrons. The van der Waals surface area contributed by atoms with Crippen molar-refractivity contribution < 1.29 is 9.53 Å². The van der Waals surface area contributed by atoms with Crippen molar-refractivity contribution in [1.29, 1.82) is 0 Å². The van der Waals surface area contributed by atoms with Crippen LogP contribution in [0.2, 0.25) is 0 Å². The van der Waals surface area contributed by atoms with Crippen molar-refractivity contribution in [3.05, 3.63) is 0 Å². The van der Waals surface area contributed by atoms with Crippen molar-refractivity contribution >= 4 is 6.09 Å². The summed E-state index contributed by atoms with van der Waals surface area (Å²) in [6, 6.07) is 0.459. The van der Waals surface area contributed by atoms with Gasteiger partial charge in [0.25, 0.3) is 0 Å². The lowest BCUT2D eigenvalue weighted by Gasteiger charge is -2.20. The number of ether oxygens (including phenoxy) is 1. The number of hydrogen-bond donors (Lipinski definition) is 2. The van der Waals surface area contributed by atoms with Gasteiger partial charge >= 0.3 is 6.09 Å². The van der Waals surface area contributed by atoms with Crippen molar-refractivity contribution in [3.63, 3.8) is 0 Å². The molecule has 4 heteroatoms. The van der Waals surface area contributed by atoms with E-state index in [1.165, 1.54) is 0 Å². The van der Waals surface area contributed by atoms with Crippen LogP contribution in [0.1, 0.15) is 41.5 Å². The summed E-state index contributed by atoms with van der Waals surface area (Å²) in [5.74, 6) is 0.599. The van der Waals surface area contributed by atoms with Gasteiger partial charge in [0.1, 0.15) is 5.60 Å². The van der Waals surface area contributed by atoms with Crippen LogP contribution >= 0.6 is 0 Å². The fourth-order valence-corrected chi connectivity index (χ4v) is 1.01. The number of carbonyl (C=O) groups is 1. The number of alkyl carbamates (subject to hydrolysis) is 1. The molecule has 1 atom stereocenters. The van der Waals surface area contributed by atoms with E-state index < -0.39 is 5.60 Å². The number of hydrogen-bond acceptors (Lipinski definition) is 3. The molecule has 0 radical (unpaired) electrons. The van der Waals surface area contributed by atoms with Crippen LogP contribution in [0.4, 0.5) is 4.79 Å². The maximum absolute atomic E-state index is 11.3. The average Bonchev–Trinajstić information content (AvgIpc) is 2.08. The Kier molecular flexibility index (Phi) is 6.41. The van der Waals surface area contributed by atoms with Crippen molar-refractivity contribution in [1.82, 2.24) is 10.6 Å². The van der Waals surface area contributed by atoms with Crippen LogP contribution in [0.25, 0.3) is 0 Å². The molecule has 0 aliphatic carbocycles. The smallest absolute Gasteiger partial charge is 0.407 e. The first-order valence-corrected chi connectivity index (χ1v) is 5.92. The third-order valence-electron chi connectivity index (χ3n) is 2.26. The van der Waals surface area contributed by atoms with Crippen LogP contribution in [0.15, 0.2) is 0 Å². The Bertz CT molecular complexity index is 210. The number of rotatable bonds is 5. The Morgan fingerprint density at radius 2 is 1.75 bits per heavy atom. The Hall–Kier alpha value is -0.770. The van der Waals surface area contributed by atoms with Crippen LogP contribution in [0.5, 0.6) is 0 Å². The summed E-state index contributed by atoms with van der Waals surface area (Å²) >= 11 is 0. The van der Waals surface area contributed by atoms with Gasteiger partial charge in [-0.25, -0.2) is 4.79 Å². The summed E-state index contributed by atoms with van der Waals surface area (Å²) < 4.78 is 5.11. The van der Waals surface area contributed by atoms with Crippen LogP contribution in [-0.4, -0.2) is 30.8 Å². The molecule has 1 amide bonds. The highest BCUT2D eigenvalue weighted by Gasteiger charge is 2.15. The molecule has 0 saturated heterocycles. The second-order valence-corrected chi connectivity index (χ2v) is 5.42. The summed E-state index contributed by atoms with van der Waals surface area (Å²) in [5.41, 5.74) is -0.428. The molecular weight excluding hydrogens is 204 g/mol. The zero-order valence-electron chi connectivity index (χ0n) is 11.4. The van der Waals surface area contributed by atoms with E-state index in [0.717, 1.165) is 6.54 Å². The molecule has 0 aromatic heterocycles. The molecule has 0 rings (SSSR count). The molecule has 1 unspecified atom stereocenters. The van der Waals surface area contributed by atoms with Gasteiger partial charge in [0.2, 0.25) is 0 Å². The second-order valence-electron chi connectivity index (χ2n) is 5.42. The standard InChI is InChI=1S/C12H26N2O2/c1-9(2)10(3)13-7-8-14-11(15)16-12(4,5)6/h9-10,13H,7-8H2,1-6H3,(H,14,15). The maximum Gasteiger partial charge on any atom is 0.407 e. The van der Waals surface area contributed by atoms with Crippen LogP contribution < -0.4 is 10.6 Å². The Balaban J connectivity index is 3.56. The highest BCUT2D eigenvalue weighted by Crippen LogP contribution is 2.06. The van der Waals surface area contributed by atoms with Gasteiger partial charge in [0.15, 0.2) is 0 Å². The zero-order valence-corrected chi connectivity index (χ0v) is 11.4. The van der Waals surface area contributed by atoms with Crippen molar-refractivity contribution in [2.24, 2.45) is 5.92 Å². The topological polar surface area (TPSA) is 50.4 Å². The van der Waals surface area contributed by atoms with Crippen molar-refractivity contribution in [2.45, 2.75) is 53.2 Å². The molecule has 0 bridgehead atoms. The molecule has 0 aromatic carbocycles. The van der Waals surface area contributed by atoms with Crippen LogP contribution in [-0.2, 0) is 4.74 Å². The fourth-order valence-electron chi connectivity index (χ4n) is 1.01. The van der Waals surface area contributed by atoms with Gasteiger partial charge in [-0.2, -0.15) is 0 Å². The van der Waals surface area contributed by atoms with E-state index in [2.05, 4.69) is 31.4 Å². The van der Waals surface area contributed by atoms with Gasteiger partial charge in [-0.15, -0.1) is 0 Å². The van der Waals surface area contributed by atoms with Gasteiger partial charge in [0, 0.05) is 19.1 Å². The summed E-state index contributed by atoms with van der Waals surface area (Å²) in [6.07, 6.45) is -0.355. The molecule has 0 aromatic rings. The first kappa shape index (κ1) is 15.2. The molecule has 2 N–H and O–H groups in total. The lowest BCUT2D eigenvalue weighted by Crippen LogP contribution is -2.39. The largest absolute Gasteiger partial charge is 0.444 e. The van der Waals surface area contributed by atoms with Gasteiger partial charge in [-0.1, -0.05) is 13.8 Å². The zero-order chi connectivity index (χ0) is 12.8. The predicted octanol–water partition coefficient (Wildman–Crippen LogP) is 2.15. The molecule has 0 aliphatic heterocycles. The van der Waals surface area contributed by atoms with Gasteiger partial charge in [-0.3, -0.25) is 0 Å². The molecule has 0 spiro atoms. The minimum Gasteiger partial charge on any atom is -0.444 e. The number of nitrogens with one attached hydrogen (secondary N) is 2. The van der Waals surface area contributed by atoms with E-state index in [9.17, 15) is 4.79 Å². The summed E-state index contributed by atoms with van der Waals surface area (Å²) in [7, 11) is 0. The van der Waals surface area contributed by atoms with Crippen molar-refractivity contribution in [2.75, 3.05) is 13.1 Å². The summed E-state index contributed by atoms with van der Waals surface area (Å²) in [4.78, 5) is 11.3. The van der Waals surface area contributed by atoms with E-state index in [1.54, 1.807) is 0 Å². The van der Waals surface area contributed by atoms with Gasteiger partial charge in [-0.05, 0) is 33.6 Å². The lowest BCUT2D eigenvalue weighted by atomic mass is 10.1. The third kappa shape index (κ3) is 8.53. The van der Waals surface area contributed by atoms with E-state index in [0.29, 0.717) is 18.5 Å². The Morgan fingerprint density at radius 1 is 1.19 bits per heavy atom. The fraction of sp³-hybridized carbons (Fsp3) is 0.917. The first-order valence-electron chi connectivity index (χ1n) is 5.92. The Morgan fingerprint density at radius 3 is 2.19 bits per heavy atom. The van der Waals surface area contributed by atoms with Gasteiger partial charge < -0.3 is 15.4 Å². The molecule has 16 heavy (non-hydrogen) atoms. The molecule has 0 aliphatic rings. The molecule has 0 heterocycles. The second kappa shape index (κ2) is 6.74. The van der Waals surface area contributed by atoms with Crippen molar-refractivity contribution in [3.8, 4) is 0 Å². The van der Waals surface area contributed by atoms with E-state index in [-0.39, 0.29) is 6.09 Å². The van der Waals surface area contributed by atoms with Gasteiger partial charge in [0.05, 0.1) is 0 Å².